The summed E-state index contributed by atoms with van der Waals surface area (Å²) in [5, 5.41) is 7.31. The van der Waals surface area contributed by atoms with Crippen LogP contribution in [0, 0.1) is 5.41 Å². The van der Waals surface area contributed by atoms with Gasteiger partial charge in [0.25, 0.3) is 0 Å². The summed E-state index contributed by atoms with van der Waals surface area (Å²) in [6.45, 7) is 3.52. The Morgan fingerprint density at radius 1 is 1.67 bits per heavy atom. The number of nitrogens with one attached hydrogen (secondary N) is 1. The number of ether oxygens (including phenoxy) is 1. The van der Waals surface area contributed by atoms with E-state index in [0.29, 0.717) is 6.61 Å². The molecule has 0 aliphatic rings. The van der Waals surface area contributed by atoms with E-state index < -0.39 is 0 Å². The van der Waals surface area contributed by atoms with Gasteiger partial charge in [-0.05, 0) is 13.5 Å². The molecule has 0 spiro atoms. The normalized spacial score (nSPS) is 13.3. The summed E-state index contributed by atoms with van der Waals surface area (Å²) in [6, 6.07) is 0.0557. The Morgan fingerprint density at radius 2 is 2.25 bits per heavy atom. The van der Waals surface area contributed by atoms with Gasteiger partial charge in [0, 0.05) is 13.7 Å². The zero-order valence-corrected chi connectivity index (χ0v) is 8.13. The van der Waals surface area contributed by atoms with Gasteiger partial charge in [-0.15, -0.1) is 0 Å². The Balaban J connectivity index is 3.85. The molecule has 1 unspecified atom stereocenters. The van der Waals surface area contributed by atoms with Gasteiger partial charge < -0.3 is 10.5 Å². The summed E-state index contributed by atoms with van der Waals surface area (Å²) in [6.07, 6.45) is 0.871. The Bertz CT molecular complexity index is 138. The molecule has 0 amide bonds. The van der Waals surface area contributed by atoms with Gasteiger partial charge in [0.2, 0.25) is 0 Å². The minimum absolute atomic E-state index is 0.0557. The summed E-state index contributed by atoms with van der Waals surface area (Å²) >= 11 is 0. The van der Waals surface area contributed by atoms with E-state index in [1.165, 1.54) is 0 Å². The molecule has 0 saturated carbocycles. The van der Waals surface area contributed by atoms with Crippen molar-refractivity contribution in [2.24, 2.45) is 5.73 Å². The minimum atomic E-state index is 0.0557. The number of nitrogens with zero attached hydrogens (tertiary/aromatic N) is 1. The van der Waals surface area contributed by atoms with Crippen LogP contribution in [0.5, 0.6) is 0 Å². The fourth-order valence-corrected chi connectivity index (χ4v) is 1.16. The molecule has 0 bridgehead atoms. The highest BCUT2D eigenvalue weighted by Crippen LogP contribution is 1.99. The van der Waals surface area contributed by atoms with Gasteiger partial charge in [0.1, 0.15) is 5.84 Å². The lowest BCUT2D eigenvalue weighted by atomic mass is 10.2. The summed E-state index contributed by atoms with van der Waals surface area (Å²) in [7, 11) is 3.62. The molecule has 0 aliphatic carbocycles. The van der Waals surface area contributed by atoms with E-state index in [1.807, 2.05) is 18.9 Å². The molecule has 0 fully saturated rings. The van der Waals surface area contributed by atoms with Crippen molar-refractivity contribution in [2.75, 3.05) is 27.3 Å². The molecule has 0 heterocycles. The lowest BCUT2D eigenvalue weighted by molar-refractivity contribution is 0.151. The highest BCUT2D eigenvalue weighted by atomic mass is 16.5. The monoisotopic (exact) mass is 173 g/mol. The van der Waals surface area contributed by atoms with E-state index in [4.69, 9.17) is 15.9 Å². The Labute approximate surface area is 74.2 Å². The first-order valence-corrected chi connectivity index (χ1v) is 4.16. The zero-order chi connectivity index (χ0) is 9.56. The van der Waals surface area contributed by atoms with E-state index in [-0.39, 0.29) is 11.9 Å². The van der Waals surface area contributed by atoms with Crippen molar-refractivity contribution in [1.82, 2.24) is 4.90 Å². The molecule has 0 aromatic rings. The predicted octanol–water partition coefficient (Wildman–Crippen LogP) is 0.279. The Kier molecular flexibility index (Phi) is 5.66. The van der Waals surface area contributed by atoms with Crippen LogP contribution in [0.15, 0.2) is 0 Å². The molecule has 0 aliphatic heterocycles. The van der Waals surface area contributed by atoms with Crippen LogP contribution >= 0.6 is 0 Å². The van der Waals surface area contributed by atoms with Crippen LogP contribution in [-0.4, -0.2) is 44.1 Å². The smallest absolute Gasteiger partial charge is 0.108 e. The first kappa shape index (κ1) is 11.4. The molecule has 0 radical (unpaired) electrons. The summed E-state index contributed by atoms with van der Waals surface area (Å²) in [5.74, 6) is 0.233. The molecule has 0 aromatic heterocycles. The summed E-state index contributed by atoms with van der Waals surface area (Å²) < 4.78 is 4.93. The van der Waals surface area contributed by atoms with Crippen LogP contribution < -0.4 is 5.73 Å². The molecule has 4 nitrogen and oxygen atoms in total. The molecular weight excluding hydrogens is 154 g/mol. The maximum absolute atomic E-state index is 7.31. The number of nitrogens with two attached hydrogens (primary N) is 1. The lowest BCUT2D eigenvalue weighted by Gasteiger charge is -2.25. The lowest BCUT2D eigenvalue weighted by Crippen LogP contribution is -2.43. The van der Waals surface area contributed by atoms with Crippen LogP contribution in [0.3, 0.4) is 0 Å². The van der Waals surface area contributed by atoms with Crippen molar-refractivity contribution in [2.45, 2.75) is 19.4 Å². The molecular formula is C8H19N3O. The third-order valence-electron chi connectivity index (χ3n) is 1.93. The maximum Gasteiger partial charge on any atom is 0.108 e. The SMILES string of the molecule is CCC(C(=N)N)N(C)CCOC. The van der Waals surface area contributed by atoms with E-state index in [2.05, 4.69) is 0 Å². The molecule has 0 rings (SSSR count). The molecule has 0 aromatic carbocycles. The number of amidine groups is 1. The van der Waals surface area contributed by atoms with Gasteiger partial charge in [-0.1, -0.05) is 6.92 Å². The minimum Gasteiger partial charge on any atom is -0.386 e. The van der Waals surface area contributed by atoms with Crippen molar-refractivity contribution in [3.05, 3.63) is 0 Å². The average molecular weight is 173 g/mol. The third kappa shape index (κ3) is 3.69. The van der Waals surface area contributed by atoms with Crippen LogP contribution in [0.25, 0.3) is 0 Å². The molecule has 12 heavy (non-hydrogen) atoms. The standard InChI is InChI=1S/C8H19N3O/c1-4-7(8(9)10)11(2)5-6-12-3/h7H,4-6H2,1-3H3,(H3,9,10). The summed E-state index contributed by atoms with van der Waals surface area (Å²) in [5.41, 5.74) is 5.42. The number of methoxy groups -OCH3 is 1. The Hall–Kier alpha value is -0.610. The fraction of sp³-hybridized carbons (Fsp3) is 0.875. The van der Waals surface area contributed by atoms with Crippen LogP contribution in [0.1, 0.15) is 13.3 Å². The van der Waals surface area contributed by atoms with Gasteiger partial charge in [-0.3, -0.25) is 10.3 Å². The third-order valence-corrected chi connectivity index (χ3v) is 1.93. The van der Waals surface area contributed by atoms with Gasteiger partial charge in [0.05, 0.1) is 12.6 Å². The van der Waals surface area contributed by atoms with Crippen molar-refractivity contribution in [3.63, 3.8) is 0 Å². The highest BCUT2D eigenvalue weighted by Gasteiger charge is 2.14. The van der Waals surface area contributed by atoms with E-state index in [9.17, 15) is 0 Å². The van der Waals surface area contributed by atoms with Gasteiger partial charge in [-0.2, -0.15) is 0 Å². The first-order valence-electron chi connectivity index (χ1n) is 4.16. The van der Waals surface area contributed by atoms with Crippen molar-refractivity contribution in [1.29, 1.82) is 5.41 Å². The zero-order valence-electron chi connectivity index (χ0n) is 8.13. The van der Waals surface area contributed by atoms with Gasteiger partial charge in [-0.25, -0.2) is 0 Å². The Morgan fingerprint density at radius 3 is 2.58 bits per heavy atom. The van der Waals surface area contributed by atoms with Crippen LogP contribution in [0.4, 0.5) is 0 Å². The van der Waals surface area contributed by atoms with Crippen molar-refractivity contribution in [3.8, 4) is 0 Å². The van der Waals surface area contributed by atoms with Gasteiger partial charge >= 0.3 is 0 Å². The maximum atomic E-state index is 7.31. The quantitative estimate of drug-likeness (QED) is 0.448. The second-order valence-corrected chi connectivity index (χ2v) is 2.85. The van der Waals surface area contributed by atoms with Crippen molar-refractivity contribution >= 4 is 5.84 Å². The van der Waals surface area contributed by atoms with E-state index in [1.54, 1.807) is 7.11 Å². The second kappa shape index (κ2) is 5.97. The predicted molar refractivity (Wildman–Crippen MR) is 50.5 cm³/mol. The second-order valence-electron chi connectivity index (χ2n) is 2.85. The molecule has 3 N–H and O–H groups in total. The topological polar surface area (TPSA) is 62.3 Å². The summed E-state index contributed by atoms with van der Waals surface area (Å²) in [4.78, 5) is 2.03. The average Bonchev–Trinajstić information content (AvgIpc) is 2.01. The number of hydrogen-bond donors (Lipinski definition) is 2. The first-order chi connectivity index (χ1) is 5.63. The van der Waals surface area contributed by atoms with Crippen LogP contribution in [0.2, 0.25) is 0 Å². The molecule has 4 heteroatoms. The number of rotatable bonds is 6. The van der Waals surface area contributed by atoms with Crippen LogP contribution in [-0.2, 0) is 4.74 Å². The highest BCUT2D eigenvalue weighted by molar-refractivity contribution is 5.82. The molecule has 0 saturated heterocycles. The van der Waals surface area contributed by atoms with Crippen molar-refractivity contribution < 1.29 is 4.74 Å². The largest absolute Gasteiger partial charge is 0.386 e. The fourth-order valence-electron chi connectivity index (χ4n) is 1.16. The van der Waals surface area contributed by atoms with E-state index in [0.717, 1.165) is 13.0 Å². The van der Waals surface area contributed by atoms with Gasteiger partial charge in [0.15, 0.2) is 0 Å². The number of likely N-dealkylation sites (N-methyl/N-ethyl adjacent to an activating group) is 1. The molecule has 72 valence electrons. The number of hydrogen-bond acceptors (Lipinski definition) is 3. The van der Waals surface area contributed by atoms with E-state index >= 15 is 0 Å². The molecule has 1 atom stereocenters.